The summed E-state index contributed by atoms with van der Waals surface area (Å²) in [6.07, 6.45) is 5.00. The van der Waals surface area contributed by atoms with Crippen LogP contribution in [0.1, 0.15) is 69.9 Å². The van der Waals surface area contributed by atoms with E-state index in [1.165, 1.54) is 27.6 Å². The van der Waals surface area contributed by atoms with Crippen LogP contribution in [0.15, 0.2) is 29.6 Å². The Hall–Kier alpha value is -2.09. The molecule has 0 radical (unpaired) electrons. The Morgan fingerprint density at radius 1 is 1.00 bits per heavy atom. The number of amides is 2. The molecule has 1 atom stereocenters. The predicted molar refractivity (Wildman–Crippen MR) is 125 cm³/mol. The van der Waals surface area contributed by atoms with Gasteiger partial charge in [-0.2, -0.15) is 0 Å². The minimum absolute atomic E-state index is 0.178. The third kappa shape index (κ3) is 3.70. The van der Waals surface area contributed by atoms with E-state index >= 15 is 0 Å². The number of thiophene rings is 3. The second-order valence-electron chi connectivity index (χ2n) is 7.44. The molecule has 2 amide bonds. The molecule has 3 aromatic rings. The van der Waals surface area contributed by atoms with Gasteiger partial charge in [0.1, 0.15) is 0 Å². The quantitative estimate of drug-likeness (QED) is 0.261. The van der Waals surface area contributed by atoms with Crippen molar-refractivity contribution in [3.63, 3.8) is 0 Å². The van der Waals surface area contributed by atoms with Gasteiger partial charge in [-0.15, -0.1) is 34.0 Å². The Morgan fingerprint density at radius 3 is 2.30 bits per heavy atom. The van der Waals surface area contributed by atoms with E-state index in [4.69, 9.17) is 0 Å². The molecule has 30 heavy (non-hydrogen) atoms. The fourth-order valence-corrected chi connectivity index (χ4v) is 6.92. The molecule has 4 heterocycles. The summed E-state index contributed by atoms with van der Waals surface area (Å²) in [5.74, 6) is -0.0503. The topological polar surface area (TPSA) is 54.5 Å². The molecule has 156 valence electrons. The van der Waals surface area contributed by atoms with Crippen LogP contribution in [0.5, 0.6) is 0 Å². The SMILES string of the molecule is CCCCC(CC)CN1C(=O)c2c(-c3cccs3)sc(-c3ccc(C=O)s3)c2C1=O. The normalized spacial score (nSPS) is 14.4. The lowest BCUT2D eigenvalue weighted by Crippen LogP contribution is -2.34. The van der Waals surface area contributed by atoms with E-state index in [2.05, 4.69) is 13.8 Å². The molecule has 0 N–H and O–H groups in total. The molecule has 3 aromatic heterocycles. The highest BCUT2D eigenvalue weighted by Crippen LogP contribution is 2.48. The molecule has 0 saturated carbocycles. The Labute approximate surface area is 188 Å². The first kappa shape index (κ1) is 21.2. The van der Waals surface area contributed by atoms with Crippen LogP contribution in [0.4, 0.5) is 0 Å². The predicted octanol–water partition coefficient (Wildman–Crippen LogP) is 6.83. The number of unbranched alkanes of at least 4 members (excludes halogenated alkanes) is 1. The van der Waals surface area contributed by atoms with Crippen LogP contribution in [0.3, 0.4) is 0 Å². The zero-order chi connectivity index (χ0) is 21.3. The maximum atomic E-state index is 13.4. The highest BCUT2D eigenvalue weighted by molar-refractivity contribution is 7.27. The summed E-state index contributed by atoms with van der Waals surface area (Å²) in [5.41, 5.74) is 1.05. The van der Waals surface area contributed by atoms with Gasteiger partial charge in [0, 0.05) is 16.3 Å². The lowest BCUT2D eigenvalue weighted by molar-refractivity contribution is 0.0624. The summed E-state index contributed by atoms with van der Waals surface area (Å²) < 4.78 is 0. The maximum absolute atomic E-state index is 13.4. The van der Waals surface area contributed by atoms with Crippen molar-refractivity contribution in [1.82, 2.24) is 4.90 Å². The summed E-state index contributed by atoms with van der Waals surface area (Å²) in [7, 11) is 0. The van der Waals surface area contributed by atoms with Crippen LogP contribution in [-0.4, -0.2) is 29.5 Å². The van der Waals surface area contributed by atoms with Crippen molar-refractivity contribution in [1.29, 1.82) is 0 Å². The number of carbonyl (C=O) groups is 3. The van der Waals surface area contributed by atoms with Gasteiger partial charge in [-0.3, -0.25) is 19.3 Å². The average molecular weight is 458 g/mol. The standard InChI is InChI=1S/C23H23NO3S3/c1-3-5-7-14(4-2)12-24-22(26)18-19(23(24)27)21(17-10-9-15(13-25)29-17)30-20(18)16-8-6-11-28-16/h6,8-11,13-14H,3-5,7,12H2,1-2H3. The van der Waals surface area contributed by atoms with Crippen molar-refractivity contribution in [2.75, 3.05) is 6.54 Å². The second kappa shape index (κ2) is 8.96. The van der Waals surface area contributed by atoms with E-state index in [1.807, 2.05) is 23.6 Å². The molecule has 0 saturated heterocycles. The van der Waals surface area contributed by atoms with E-state index in [-0.39, 0.29) is 11.8 Å². The zero-order valence-electron chi connectivity index (χ0n) is 17.0. The second-order valence-corrected chi connectivity index (χ2v) is 10.5. The summed E-state index contributed by atoms with van der Waals surface area (Å²) in [5, 5.41) is 1.98. The first-order chi connectivity index (χ1) is 14.6. The van der Waals surface area contributed by atoms with Crippen LogP contribution in [0, 0.1) is 5.92 Å². The van der Waals surface area contributed by atoms with Gasteiger partial charge in [0.15, 0.2) is 6.29 Å². The minimum atomic E-state index is -0.194. The lowest BCUT2D eigenvalue weighted by Gasteiger charge is -2.21. The van der Waals surface area contributed by atoms with Crippen molar-refractivity contribution >= 4 is 52.1 Å². The number of hydrogen-bond donors (Lipinski definition) is 0. The number of fused-ring (bicyclic) bond motifs is 1. The molecule has 1 aliphatic heterocycles. The Bertz CT molecular complexity index is 1080. The number of hydrogen-bond acceptors (Lipinski definition) is 6. The zero-order valence-corrected chi connectivity index (χ0v) is 19.4. The molecule has 4 nitrogen and oxygen atoms in total. The Kier molecular flexibility index (Phi) is 6.32. The van der Waals surface area contributed by atoms with Crippen molar-refractivity contribution in [2.45, 2.75) is 39.5 Å². The van der Waals surface area contributed by atoms with Crippen molar-refractivity contribution in [2.24, 2.45) is 5.92 Å². The minimum Gasteiger partial charge on any atom is -0.297 e. The molecule has 1 unspecified atom stereocenters. The number of rotatable bonds is 9. The van der Waals surface area contributed by atoms with Crippen LogP contribution in [0.25, 0.3) is 19.5 Å². The molecule has 0 aromatic carbocycles. The Morgan fingerprint density at radius 2 is 1.73 bits per heavy atom. The summed E-state index contributed by atoms with van der Waals surface area (Å²) in [6, 6.07) is 7.58. The molecular formula is C23H23NO3S3. The highest BCUT2D eigenvalue weighted by atomic mass is 32.1. The van der Waals surface area contributed by atoms with Crippen LogP contribution >= 0.6 is 34.0 Å². The fraction of sp³-hybridized carbons (Fsp3) is 0.348. The largest absolute Gasteiger partial charge is 0.297 e. The summed E-state index contributed by atoms with van der Waals surface area (Å²) in [4.78, 5) is 43.6. The first-order valence-corrected chi connectivity index (χ1v) is 12.7. The number of imide groups is 1. The van der Waals surface area contributed by atoms with Gasteiger partial charge < -0.3 is 0 Å². The monoisotopic (exact) mass is 457 g/mol. The molecule has 7 heteroatoms. The number of aldehydes is 1. The lowest BCUT2D eigenvalue weighted by atomic mass is 9.99. The summed E-state index contributed by atoms with van der Waals surface area (Å²) >= 11 is 4.41. The van der Waals surface area contributed by atoms with Crippen molar-refractivity contribution in [3.05, 3.63) is 45.6 Å². The van der Waals surface area contributed by atoms with Gasteiger partial charge in [0.05, 0.1) is 25.8 Å². The molecular weight excluding hydrogens is 434 g/mol. The maximum Gasteiger partial charge on any atom is 0.263 e. The molecule has 4 rings (SSSR count). The van der Waals surface area contributed by atoms with Gasteiger partial charge in [-0.25, -0.2) is 0 Å². The average Bonchev–Trinajstić information content (AvgIpc) is 3.53. The fourth-order valence-electron chi connectivity index (χ4n) is 3.84. The van der Waals surface area contributed by atoms with Gasteiger partial charge in [-0.1, -0.05) is 39.2 Å². The molecule has 1 aliphatic rings. The van der Waals surface area contributed by atoms with Gasteiger partial charge in [-0.05, 0) is 35.9 Å². The molecule has 0 spiro atoms. The summed E-state index contributed by atoms with van der Waals surface area (Å²) in [6.45, 7) is 4.75. The van der Waals surface area contributed by atoms with Gasteiger partial charge >= 0.3 is 0 Å². The number of carbonyl (C=O) groups excluding carboxylic acids is 3. The third-order valence-electron chi connectivity index (χ3n) is 5.52. The van der Waals surface area contributed by atoms with Crippen LogP contribution in [-0.2, 0) is 0 Å². The molecule has 0 fully saturated rings. The van der Waals surface area contributed by atoms with E-state index in [0.29, 0.717) is 28.5 Å². The number of nitrogens with zero attached hydrogens (tertiary/aromatic N) is 1. The molecule has 0 bridgehead atoms. The van der Waals surface area contributed by atoms with Crippen molar-refractivity contribution < 1.29 is 14.4 Å². The van der Waals surface area contributed by atoms with E-state index in [0.717, 1.165) is 51.5 Å². The third-order valence-corrected chi connectivity index (χ3v) is 8.95. The molecule has 0 aliphatic carbocycles. The highest BCUT2D eigenvalue weighted by Gasteiger charge is 2.43. The Balaban J connectivity index is 1.77. The first-order valence-electron chi connectivity index (χ1n) is 10.2. The van der Waals surface area contributed by atoms with Gasteiger partial charge in [0.2, 0.25) is 0 Å². The van der Waals surface area contributed by atoms with Crippen LogP contribution in [0.2, 0.25) is 0 Å². The van der Waals surface area contributed by atoms with E-state index in [1.54, 1.807) is 17.4 Å². The smallest absolute Gasteiger partial charge is 0.263 e. The van der Waals surface area contributed by atoms with Gasteiger partial charge in [0.25, 0.3) is 11.8 Å². The van der Waals surface area contributed by atoms with Crippen LogP contribution < -0.4 is 0 Å². The van der Waals surface area contributed by atoms with Crippen molar-refractivity contribution in [3.8, 4) is 19.5 Å². The van der Waals surface area contributed by atoms with E-state index in [9.17, 15) is 14.4 Å². The van der Waals surface area contributed by atoms with E-state index < -0.39 is 0 Å².